The van der Waals surface area contributed by atoms with Gasteiger partial charge < -0.3 is 5.73 Å². The lowest BCUT2D eigenvalue weighted by Gasteiger charge is -2.48. The first-order valence-electron chi connectivity index (χ1n) is 7.83. The van der Waals surface area contributed by atoms with Gasteiger partial charge in [0.05, 0.1) is 0 Å². The van der Waals surface area contributed by atoms with Crippen LogP contribution in [0.1, 0.15) is 64.2 Å². The third kappa shape index (κ3) is 2.04. The molecule has 2 unspecified atom stereocenters. The molecule has 0 radical (unpaired) electrons. The van der Waals surface area contributed by atoms with Gasteiger partial charge >= 0.3 is 0 Å². The van der Waals surface area contributed by atoms with Gasteiger partial charge in [-0.2, -0.15) is 0 Å². The Morgan fingerprint density at radius 1 is 0.941 bits per heavy atom. The molecule has 0 bridgehead atoms. The van der Waals surface area contributed by atoms with E-state index in [1.54, 1.807) is 0 Å². The zero-order valence-electron chi connectivity index (χ0n) is 11.2. The molecule has 3 rings (SSSR count). The van der Waals surface area contributed by atoms with E-state index in [2.05, 4.69) is 4.90 Å². The average molecular weight is 236 g/mol. The van der Waals surface area contributed by atoms with Gasteiger partial charge in [0.1, 0.15) is 0 Å². The Morgan fingerprint density at radius 3 is 2.47 bits per heavy atom. The first kappa shape index (κ1) is 12.0. The summed E-state index contributed by atoms with van der Waals surface area (Å²) < 4.78 is 0. The molecule has 2 atom stereocenters. The first-order chi connectivity index (χ1) is 8.36. The lowest BCUT2D eigenvalue weighted by molar-refractivity contribution is 0.0262. The molecule has 2 N–H and O–H groups in total. The Morgan fingerprint density at radius 2 is 1.71 bits per heavy atom. The van der Waals surface area contributed by atoms with Crippen molar-refractivity contribution in [3.8, 4) is 0 Å². The second-order valence-corrected chi connectivity index (χ2v) is 6.58. The maximum atomic E-state index is 6.20. The SMILES string of the molecule is NCC1(N2CCC3CCCCC32)CCCCC1. The number of nitrogens with two attached hydrogens (primary N) is 1. The Bertz CT molecular complexity index is 258. The minimum absolute atomic E-state index is 0.398. The molecule has 2 aliphatic carbocycles. The van der Waals surface area contributed by atoms with E-state index in [1.807, 2.05) is 0 Å². The molecular formula is C15H28N2. The van der Waals surface area contributed by atoms with Gasteiger partial charge in [-0.25, -0.2) is 0 Å². The quantitative estimate of drug-likeness (QED) is 0.799. The van der Waals surface area contributed by atoms with Crippen molar-refractivity contribution in [2.45, 2.75) is 75.8 Å². The minimum Gasteiger partial charge on any atom is -0.329 e. The van der Waals surface area contributed by atoms with Gasteiger partial charge in [0.15, 0.2) is 0 Å². The van der Waals surface area contributed by atoms with E-state index >= 15 is 0 Å². The Hall–Kier alpha value is -0.0800. The number of hydrogen-bond donors (Lipinski definition) is 1. The van der Waals surface area contributed by atoms with Crippen LogP contribution in [-0.2, 0) is 0 Å². The highest BCUT2D eigenvalue weighted by Gasteiger charge is 2.46. The summed E-state index contributed by atoms with van der Waals surface area (Å²) in [5, 5.41) is 0. The fourth-order valence-electron chi connectivity index (χ4n) is 4.81. The van der Waals surface area contributed by atoms with Crippen LogP contribution in [0.15, 0.2) is 0 Å². The van der Waals surface area contributed by atoms with Crippen molar-refractivity contribution in [2.24, 2.45) is 11.7 Å². The zero-order chi connectivity index (χ0) is 11.7. The molecule has 17 heavy (non-hydrogen) atoms. The summed E-state index contributed by atoms with van der Waals surface area (Å²) in [6.07, 6.45) is 14.3. The van der Waals surface area contributed by atoms with Crippen LogP contribution in [-0.4, -0.2) is 29.6 Å². The lowest BCUT2D eigenvalue weighted by atomic mass is 9.78. The predicted molar refractivity (Wildman–Crippen MR) is 71.9 cm³/mol. The smallest absolute Gasteiger partial charge is 0.0334 e. The number of likely N-dealkylation sites (tertiary alicyclic amines) is 1. The van der Waals surface area contributed by atoms with Crippen molar-refractivity contribution in [2.75, 3.05) is 13.1 Å². The Balaban J connectivity index is 1.77. The van der Waals surface area contributed by atoms with E-state index in [1.165, 1.54) is 70.8 Å². The van der Waals surface area contributed by atoms with Gasteiger partial charge in [-0.3, -0.25) is 4.90 Å². The van der Waals surface area contributed by atoms with Crippen molar-refractivity contribution in [1.29, 1.82) is 0 Å². The van der Waals surface area contributed by atoms with Gasteiger partial charge in [-0.1, -0.05) is 32.1 Å². The van der Waals surface area contributed by atoms with Crippen LogP contribution in [0.4, 0.5) is 0 Å². The van der Waals surface area contributed by atoms with Crippen molar-refractivity contribution < 1.29 is 0 Å². The van der Waals surface area contributed by atoms with E-state index in [4.69, 9.17) is 5.73 Å². The molecule has 1 saturated heterocycles. The van der Waals surface area contributed by atoms with Crippen LogP contribution >= 0.6 is 0 Å². The van der Waals surface area contributed by atoms with Crippen LogP contribution in [0, 0.1) is 5.92 Å². The summed E-state index contributed by atoms with van der Waals surface area (Å²) in [7, 11) is 0. The van der Waals surface area contributed by atoms with Gasteiger partial charge in [-0.05, 0) is 44.6 Å². The molecule has 3 aliphatic rings. The number of rotatable bonds is 2. The average Bonchev–Trinajstić information content (AvgIpc) is 2.84. The molecule has 2 heteroatoms. The zero-order valence-corrected chi connectivity index (χ0v) is 11.2. The van der Waals surface area contributed by atoms with Crippen LogP contribution in [0.25, 0.3) is 0 Å². The normalized spacial score (nSPS) is 37.9. The summed E-state index contributed by atoms with van der Waals surface area (Å²) in [5.41, 5.74) is 6.60. The largest absolute Gasteiger partial charge is 0.329 e. The Labute approximate surface area is 106 Å². The summed E-state index contributed by atoms with van der Waals surface area (Å²) in [5.74, 6) is 1.01. The molecule has 2 saturated carbocycles. The maximum absolute atomic E-state index is 6.20. The van der Waals surface area contributed by atoms with E-state index < -0.39 is 0 Å². The maximum Gasteiger partial charge on any atom is 0.0334 e. The van der Waals surface area contributed by atoms with E-state index in [9.17, 15) is 0 Å². The molecule has 0 aromatic heterocycles. The molecule has 1 aliphatic heterocycles. The summed E-state index contributed by atoms with van der Waals surface area (Å²) in [4.78, 5) is 2.87. The third-order valence-corrected chi connectivity index (χ3v) is 5.78. The van der Waals surface area contributed by atoms with Crippen molar-refractivity contribution >= 4 is 0 Å². The van der Waals surface area contributed by atoms with Gasteiger partial charge in [-0.15, -0.1) is 0 Å². The second kappa shape index (κ2) is 4.89. The van der Waals surface area contributed by atoms with Crippen LogP contribution in [0.3, 0.4) is 0 Å². The second-order valence-electron chi connectivity index (χ2n) is 6.58. The summed E-state index contributed by atoms with van der Waals surface area (Å²) in [6.45, 7) is 2.24. The highest BCUT2D eigenvalue weighted by Crippen LogP contribution is 2.44. The molecule has 2 nitrogen and oxygen atoms in total. The molecular weight excluding hydrogens is 208 g/mol. The van der Waals surface area contributed by atoms with Gasteiger partial charge in [0, 0.05) is 18.1 Å². The van der Waals surface area contributed by atoms with Gasteiger partial charge in [0.25, 0.3) is 0 Å². The lowest BCUT2D eigenvalue weighted by Crippen LogP contribution is -2.57. The number of hydrogen-bond acceptors (Lipinski definition) is 2. The molecule has 0 amide bonds. The fourth-order valence-corrected chi connectivity index (χ4v) is 4.81. The first-order valence-corrected chi connectivity index (χ1v) is 7.83. The van der Waals surface area contributed by atoms with E-state index in [0.717, 1.165) is 18.5 Å². The highest BCUT2D eigenvalue weighted by atomic mass is 15.3. The minimum atomic E-state index is 0.398. The van der Waals surface area contributed by atoms with Crippen LogP contribution in [0.2, 0.25) is 0 Å². The topological polar surface area (TPSA) is 29.3 Å². The third-order valence-electron chi connectivity index (χ3n) is 5.78. The van der Waals surface area contributed by atoms with Crippen molar-refractivity contribution in [3.63, 3.8) is 0 Å². The highest BCUT2D eigenvalue weighted by molar-refractivity contribution is 5.02. The van der Waals surface area contributed by atoms with E-state index in [0.29, 0.717) is 5.54 Å². The van der Waals surface area contributed by atoms with Crippen molar-refractivity contribution in [1.82, 2.24) is 4.90 Å². The molecule has 1 heterocycles. The predicted octanol–water partition coefficient (Wildman–Crippen LogP) is 2.91. The molecule has 0 aromatic carbocycles. The van der Waals surface area contributed by atoms with Crippen LogP contribution < -0.4 is 5.73 Å². The number of nitrogens with zero attached hydrogens (tertiary/aromatic N) is 1. The molecule has 3 fully saturated rings. The Kier molecular flexibility index (Phi) is 3.45. The molecule has 98 valence electrons. The standard InChI is InChI=1S/C15H28N2/c16-12-15(9-4-1-5-10-15)17-11-8-13-6-2-3-7-14(13)17/h13-14H,1-12,16H2. The van der Waals surface area contributed by atoms with Crippen molar-refractivity contribution in [3.05, 3.63) is 0 Å². The van der Waals surface area contributed by atoms with Gasteiger partial charge in [0.2, 0.25) is 0 Å². The summed E-state index contributed by atoms with van der Waals surface area (Å²) >= 11 is 0. The fraction of sp³-hybridized carbons (Fsp3) is 1.00. The molecule has 0 spiro atoms. The monoisotopic (exact) mass is 236 g/mol. The van der Waals surface area contributed by atoms with E-state index in [-0.39, 0.29) is 0 Å². The number of fused-ring (bicyclic) bond motifs is 1. The van der Waals surface area contributed by atoms with Crippen LogP contribution in [0.5, 0.6) is 0 Å². The summed E-state index contributed by atoms with van der Waals surface area (Å²) in [6, 6.07) is 0.894. The molecule has 0 aromatic rings.